The zero-order valence-corrected chi connectivity index (χ0v) is 23.9. The number of likely N-dealkylation sites (tertiary alicyclic amines) is 1. The minimum absolute atomic E-state index is 0.0821. The Bertz CT molecular complexity index is 1300. The van der Waals surface area contributed by atoms with Crippen LogP contribution in [0.25, 0.3) is 0 Å². The first-order chi connectivity index (χ1) is 18.4. The molecule has 2 aromatic carbocycles. The van der Waals surface area contributed by atoms with Gasteiger partial charge in [0.25, 0.3) is 0 Å². The van der Waals surface area contributed by atoms with Gasteiger partial charge in [-0.3, -0.25) is 0 Å². The van der Waals surface area contributed by atoms with E-state index in [1.807, 2.05) is 0 Å². The molecule has 1 atom stereocenters. The van der Waals surface area contributed by atoms with Crippen molar-refractivity contribution in [3.05, 3.63) is 59.7 Å². The van der Waals surface area contributed by atoms with Gasteiger partial charge >= 0.3 is 0 Å². The highest BCUT2D eigenvalue weighted by Gasteiger charge is 2.32. The van der Waals surface area contributed by atoms with Crippen LogP contribution in [0.5, 0.6) is 0 Å². The monoisotopic (exact) mass is 584 g/mol. The van der Waals surface area contributed by atoms with E-state index in [0.29, 0.717) is 50.1 Å². The second-order valence-electron chi connectivity index (χ2n) is 10.8. The lowest BCUT2D eigenvalue weighted by atomic mass is 9.78. The first-order valence-corrected chi connectivity index (χ1v) is 16.7. The van der Waals surface area contributed by atoms with Crippen LogP contribution in [0.1, 0.15) is 43.6 Å². The van der Waals surface area contributed by atoms with E-state index in [2.05, 4.69) is 9.62 Å². The average molecular weight is 585 g/mol. The van der Waals surface area contributed by atoms with Gasteiger partial charge in [-0.1, -0.05) is 0 Å². The Morgan fingerprint density at radius 1 is 0.923 bits per heavy atom. The summed E-state index contributed by atoms with van der Waals surface area (Å²) in [7, 11) is -6.86. The fourth-order valence-electron chi connectivity index (χ4n) is 5.77. The lowest BCUT2D eigenvalue weighted by Gasteiger charge is -2.37. The summed E-state index contributed by atoms with van der Waals surface area (Å²) in [6.45, 7) is 3.56. The summed E-state index contributed by atoms with van der Waals surface area (Å²) in [5.74, 6) is -0.944. The standard InChI is InChI=1S/C27H38F2N4O4S2/c1-38(34,35)33-14-8-21(9-15-33)27(22-16-23(28)18-24(29)17-22)10-13-32-11-6-20(7-12-32)19-31-39(36,37)26-4-2-25(30)3-5-26/h2-5,16-18,20-21,27,31H,6-15,19,30H2,1H3/t27-/m1/s1. The van der Waals surface area contributed by atoms with Gasteiger partial charge in [-0.05, 0) is 111 Å². The minimum Gasteiger partial charge on any atom is -0.399 e. The largest absolute Gasteiger partial charge is 0.399 e. The van der Waals surface area contributed by atoms with Crippen molar-refractivity contribution >= 4 is 25.7 Å². The maximum Gasteiger partial charge on any atom is 0.240 e. The Kier molecular flexibility index (Phi) is 9.64. The van der Waals surface area contributed by atoms with Crippen molar-refractivity contribution in [1.82, 2.24) is 13.9 Å². The summed E-state index contributed by atoms with van der Waals surface area (Å²) in [6, 6.07) is 9.78. The number of rotatable bonds is 10. The van der Waals surface area contributed by atoms with Gasteiger partial charge in [-0.25, -0.2) is 34.6 Å². The molecule has 0 amide bonds. The van der Waals surface area contributed by atoms with Gasteiger partial charge in [0.05, 0.1) is 11.2 Å². The highest BCUT2D eigenvalue weighted by Crippen LogP contribution is 2.37. The highest BCUT2D eigenvalue weighted by atomic mass is 32.2. The SMILES string of the molecule is CS(=O)(=O)N1CCC([C@@H](CCN2CCC(CNS(=O)(=O)c3ccc(N)cc3)CC2)c2cc(F)cc(F)c2)CC1. The van der Waals surface area contributed by atoms with E-state index in [1.54, 1.807) is 12.1 Å². The van der Waals surface area contributed by atoms with Crippen molar-refractivity contribution in [3.8, 4) is 0 Å². The van der Waals surface area contributed by atoms with E-state index in [0.717, 1.165) is 38.5 Å². The molecule has 2 aliphatic heterocycles. The number of nitrogen functional groups attached to an aromatic ring is 1. The fourth-order valence-corrected chi connectivity index (χ4v) is 7.76. The van der Waals surface area contributed by atoms with Crippen molar-refractivity contribution in [2.24, 2.45) is 11.8 Å². The van der Waals surface area contributed by atoms with Gasteiger partial charge in [-0.15, -0.1) is 0 Å². The molecule has 2 fully saturated rings. The van der Waals surface area contributed by atoms with E-state index < -0.39 is 31.7 Å². The molecular weight excluding hydrogens is 546 g/mol. The van der Waals surface area contributed by atoms with E-state index in [-0.39, 0.29) is 22.6 Å². The number of halogens is 2. The molecule has 8 nitrogen and oxygen atoms in total. The molecule has 0 saturated carbocycles. The van der Waals surface area contributed by atoms with Crippen LogP contribution in [0, 0.1) is 23.5 Å². The van der Waals surface area contributed by atoms with Crippen LogP contribution in [0.3, 0.4) is 0 Å². The predicted molar refractivity (Wildman–Crippen MR) is 148 cm³/mol. The maximum atomic E-state index is 14.1. The Morgan fingerprint density at radius 3 is 2.08 bits per heavy atom. The van der Waals surface area contributed by atoms with Crippen molar-refractivity contribution < 1.29 is 25.6 Å². The van der Waals surface area contributed by atoms with Gasteiger partial charge in [0.15, 0.2) is 0 Å². The lowest BCUT2D eigenvalue weighted by Crippen LogP contribution is -2.41. The molecule has 0 aliphatic carbocycles. The molecule has 216 valence electrons. The minimum atomic E-state index is -3.60. The first kappa shape index (κ1) is 29.9. The third-order valence-corrected chi connectivity index (χ3v) is 10.8. The van der Waals surface area contributed by atoms with Crippen molar-refractivity contribution in [2.75, 3.05) is 51.3 Å². The molecule has 2 aromatic rings. The summed E-state index contributed by atoms with van der Waals surface area (Å²) in [5, 5.41) is 0. The second kappa shape index (κ2) is 12.6. The number of anilines is 1. The zero-order chi connectivity index (χ0) is 28.2. The molecule has 2 heterocycles. The third-order valence-electron chi connectivity index (χ3n) is 8.07. The van der Waals surface area contributed by atoms with E-state index >= 15 is 0 Å². The zero-order valence-electron chi connectivity index (χ0n) is 22.2. The van der Waals surface area contributed by atoms with E-state index in [9.17, 15) is 25.6 Å². The van der Waals surface area contributed by atoms with Gasteiger partial charge in [0.2, 0.25) is 20.0 Å². The predicted octanol–water partition coefficient (Wildman–Crippen LogP) is 3.38. The summed E-state index contributed by atoms with van der Waals surface area (Å²) in [4.78, 5) is 2.51. The van der Waals surface area contributed by atoms with E-state index in [4.69, 9.17) is 5.73 Å². The van der Waals surface area contributed by atoms with Crippen molar-refractivity contribution in [2.45, 2.75) is 42.9 Å². The second-order valence-corrected chi connectivity index (χ2v) is 14.6. The average Bonchev–Trinajstić information content (AvgIpc) is 2.88. The molecule has 0 unspecified atom stereocenters. The van der Waals surface area contributed by atoms with Gasteiger partial charge in [0.1, 0.15) is 11.6 Å². The van der Waals surface area contributed by atoms with Crippen LogP contribution in [0.2, 0.25) is 0 Å². The molecule has 2 aliphatic rings. The van der Waals surface area contributed by atoms with Gasteiger partial charge < -0.3 is 10.6 Å². The van der Waals surface area contributed by atoms with Crippen LogP contribution in [-0.2, 0) is 20.0 Å². The number of piperidine rings is 2. The number of nitrogens with two attached hydrogens (primary N) is 1. The smallest absolute Gasteiger partial charge is 0.240 e. The number of sulfonamides is 2. The summed E-state index contributed by atoms with van der Waals surface area (Å²) < 4.78 is 81.4. The van der Waals surface area contributed by atoms with Gasteiger partial charge in [0, 0.05) is 31.4 Å². The highest BCUT2D eigenvalue weighted by molar-refractivity contribution is 7.89. The fraction of sp³-hybridized carbons (Fsp3) is 0.556. The summed E-state index contributed by atoms with van der Waals surface area (Å²) in [5.41, 5.74) is 6.78. The molecule has 0 aromatic heterocycles. The van der Waals surface area contributed by atoms with Crippen LogP contribution in [0.4, 0.5) is 14.5 Å². The third kappa shape index (κ3) is 8.20. The Morgan fingerprint density at radius 2 is 1.51 bits per heavy atom. The topological polar surface area (TPSA) is 113 Å². The molecule has 0 spiro atoms. The summed E-state index contributed by atoms with van der Waals surface area (Å²) in [6.07, 6.45) is 4.89. The Balaban J connectivity index is 1.32. The van der Waals surface area contributed by atoms with Crippen molar-refractivity contribution in [1.29, 1.82) is 0 Å². The molecule has 2 saturated heterocycles. The molecule has 0 radical (unpaired) electrons. The normalized spacial score (nSPS) is 19.8. The molecule has 39 heavy (non-hydrogen) atoms. The Hall–Kier alpha value is -2.12. The number of hydrogen-bond acceptors (Lipinski definition) is 6. The van der Waals surface area contributed by atoms with Gasteiger partial charge in [-0.2, -0.15) is 0 Å². The van der Waals surface area contributed by atoms with Crippen LogP contribution < -0.4 is 10.5 Å². The number of benzene rings is 2. The number of nitrogens with one attached hydrogen (secondary N) is 1. The number of nitrogens with zero attached hydrogens (tertiary/aromatic N) is 2. The van der Waals surface area contributed by atoms with Crippen molar-refractivity contribution in [3.63, 3.8) is 0 Å². The first-order valence-electron chi connectivity index (χ1n) is 13.4. The Labute approximate surface area is 230 Å². The van der Waals surface area contributed by atoms with Crippen LogP contribution >= 0.6 is 0 Å². The molecule has 4 rings (SSSR count). The number of hydrogen-bond donors (Lipinski definition) is 2. The quantitative estimate of drug-likeness (QED) is 0.414. The van der Waals surface area contributed by atoms with Crippen LogP contribution in [0.15, 0.2) is 47.4 Å². The maximum absolute atomic E-state index is 14.1. The molecule has 3 N–H and O–H groups in total. The summed E-state index contributed by atoms with van der Waals surface area (Å²) >= 11 is 0. The molecule has 0 bridgehead atoms. The lowest BCUT2D eigenvalue weighted by molar-refractivity contribution is 0.166. The molecular formula is C27H38F2N4O4S2. The molecule has 12 heteroatoms. The van der Waals surface area contributed by atoms with E-state index in [1.165, 1.54) is 34.8 Å². The van der Waals surface area contributed by atoms with Crippen LogP contribution in [-0.4, -0.2) is 71.6 Å².